The van der Waals surface area contributed by atoms with Crippen molar-refractivity contribution < 1.29 is 9.59 Å². The summed E-state index contributed by atoms with van der Waals surface area (Å²) in [6.45, 7) is 1.90. The first kappa shape index (κ1) is 11.3. The van der Waals surface area contributed by atoms with E-state index in [1.807, 2.05) is 31.2 Å². The Balaban J connectivity index is 2.50. The highest BCUT2D eigenvalue weighted by Gasteiger charge is 2.12. The third-order valence-electron chi connectivity index (χ3n) is 2.62. The summed E-state index contributed by atoms with van der Waals surface area (Å²) < 4.78 is 0. The number of benzene rings is 2. The molecule has 0 amide bonds. The summed E-state index contributed by atoms with van der Waals surface area (Å²) in [4.78, 5) is 23.1. The van der Waals surface area contributed by atoms with Gasteiger partial charge in [0.2, 0.25) is 0 Å². The van der Waals surface area contributed by atoms with Gasteiger partial charge in [0.1, 0.15) is 0 Å². The third-order valence-corrected chi connectivity index (χ3v) is 2.62. The zero-order valence-corrected chi connectivity index (χ0v) is 9.51. The summed E-state index contributed by atoms with van der Waals surface area (Å²) in [6.07, 6.45) is 0.718. The van der Waals surface area contributed by atoms with Crippen LogP contribution in [-0.4, -0.2) is 12.1 Å². The van der Waals surface area contributed by atoms with E-state index in [0.717, 1.165) is 11.8 Å². The molecular formula is C15H12O2. The highest BCUT2D eigenvalue weighted by Crippen LogP contribution is 2.15. The van der Waals surface area contributed by atoms with Crippen LogP contribution in [0.15, 0.2) is 48.5 Å². The lowest BCUT2D eigenvalue weighted by atomic mass is 9.97. The first-order valence-electron chi connectivity index (χ1n) is 5.38. The van der Waals surface area contributed by atoms with Gasteiger partial charge in [-0.2, -0.15) is 0 Å². The second kappa shape index (κ2) is 4.74. The van der Waals surface area contributed by atoms with E-state index in [2.05, 4.69) is 0 Å². The summed E-state index contributed by atoms with van der Waals surface area (Å²) in [5.74, 6) is -0.114. The highest BCUT2D eigenvalue weighted by atomic mass is 16.1. The van der Waals surface area contributed by atoms with Crippen LogP contribution in [0.5, 0.6) is 0 Å². The van der Waals surface area contributed by atoms with Gasteiger partial charge in [-0.15, -0.1) is 0 Å². The lowest BCUT2D eigenvalue weighted by molar-refractivity contribution is 0.102. The van der Waals surface area contributed by atoms with E-state index in [0.29, 0.717) is 16.7 Å². The van der Waals surface area contributed by atoms with Crippen LogP contribution in [0, 0.1) is 6.92 Å². The van der Waals surface area contributed by atoms with Crippen molar-refractivity contribution in [3.8, 4) is 0 Å². The predicted octanol–water partition coefficient (Wildman–Crippen LogP) is 3.04. The van der Waals surface area contributed by atoms with Gasteiger partial charge in [-0.05, 0) is 13.0 Å². The average Bonchev–Trinajstić information content (AvgIpc) is 2.39. The van der Waals surface area contributed by atoms with E-state index in [1.54, 1.807) is 24.3 Å². The smallest absolute Gasteiger partial charge is 0.193 e. The Hall–Kier alpha value is -2.22. The number of hydrogen-bond acceptors (Lipinski definition) is 2. The van der Waals surface area contributed by atoms with Gasteiger partial charge in [0.25, 0.3) is 0 Å². The molecular weight excluding hydrogens is 212 g/mol. The number of carbonyl (C=O) groups excluding carboxylic acids is 2. The van der Waals surface area contributed by atoms with Crippen LogP contribution in [0.1, 0.15) is 31.8 Å². The molecule has 0 spiro atoms. The summed E-state index contributed by atoms with van der Waals surface area (Å²) >= 11 is 0. The van der Waals surface area contributed by atoms with Gasteiger partial charge in [0.05, 0.1) is 0 Å². The minimum atomic E-state index is -0.114. The molecule has 0 aromatic heterocycles. The fourth-order valence-corrected chi connectivity index (χ4v) is 1.71. The van der Waals surface area contributed by atoms with Crippen molar-refractivity contribution in [2.75, 3.05) is 0 Å². The van der Waals surface area contributed by atoms with E-state index in [1.165, 1.54) is 0 Å². The topological polar surface area (TPSA) is 34.1 Å². The summed E-state index contributed by atoms with van der Waals surface area (Å²) in [7, 11) is 0. The quantitative estimate of drug-likeness (QED) is 0.593. The number of carbonyl (C=O) groups is 2. The standard InChI is InChI=1S/C15H12O2/c1-11-7-8-13(10-16)14(9-11)15(17)12-5-3-2-4-6-12/h2-10H,1H3. The Morgan fingerprint density at radius 3 is 2.41 bits per heavy atom. The number of hydrogen-bond donors (Lipinski definition) is 0. The Morgan fingerprint density at radius 1 is 1.06 bits per heavy atom. The second-order valence-corrected chi connectivity index (χ2v) is 3.90. The normalized spacial score (nSPS) is 9.94. The maximum Gasteiger partial charge on any atom is 0.193 e. The molecule has 84 valence electrons. The van der Waals surface area contributed by atoms with Crippen LogP contribution in [0.4, 0.5) is 0 Å². The molecule has 0 unspecified atom stereocenters. The zero-order valence-electron chi connectivity index (χ0n) is 9.51. The second-order valence-electron chi connectivity index (χ2n) is 3.90. The summed E-state index contributed by atoms with van der Waals surface area (Å²) in [6, 6.07) is 14.2. The molecule has 2 heteroatoms. The van der Waals surface area contributed by atoms with Gasteiger partial charge in [0, 0.05) is 16.7 Å². The SMILES string of the molecule is Cc1ccc(C=O)c(C(=O)c2ccccc2)c1. The highest BCUT2D eigenvalue weighted by molar-refractivity contribution is 6.12. The molecule has 0 radical (unpaired) electrons. The molecule has 2 aromatic carbocycles. The van der Waals surface area contributed by atoms with Crippen molar-refractivity contribution in [2.45, 2.75) is 6.92 Å². The van der Waals surface area contributed by atoms with Crippen molar-refractivity contribution in [3.05, 3.63) is 70.8 Å². The molecule has 0 atom stereocenters. The van der Waals surface area contributed by atoms with E-state index in [9.17, 15) is 9.59 Å². The largest absolute Gasteiger partial charge is 0.298 e. The molecule has 0 saturated carbocycles. The number of aryl methyl sites for hydroxylation is 1. The van der Waals surface area contributed by atoms with Gasteiger partial charge in [0.15, 0.2) is 12.1 Å². The monoisotopic (exact) mass is 224 g/mol. The van der Waals surface area contributed by atoms with Crippen LogP contribution in [0.25, 0.3) is 0 Å². The van der Waals surface area contributed by atoms with E-state index < -0.39 is 0 Å². The maximum absolute atomic E-state index is 12.2. The molecule has 0 bridgehead atoms. The van der Waals surface area contributed by atoms with Crippen LogP contribution < -0.4 is 0 Å². The summed E-state index contributed by atoms with van der Waals surface area (Å²) in [5, 5.41) is 0. The molecule has 0 N–H and O–H groups in total. The maximum atomic E-state index is 12.2. The van der Waals surface area contributed by atoms with Crippen LogP contribution in [0.3, 0.4) is 0 Å². The summed E-state index contributed by atoms with van der Waals surface area (Å²) in [5.41, 5.74) is 2.46. The van der Waals surface area contributed by atoms with Gasteiger partial charge < -0.3 is 0 Å². The number of rotatable bonds is 3. The molecule has 0 aliphatic rings. The molecule has 2 rings (SSSR count). The van der Waals surface area contributed by atoms with Crippen molar-refractivity contribution in [1.82, 2.24) is 0 Å². The predicted molar refractivity (Wildman–Crippen MR) is 66.4 cm³/mol. The molecule has 17 heavy (non-hydrogen) atoms. The van der Waals surface area contributed by atoms with Gasteiger partial charge >= 0.3 is 0 Å². The molecule has 0 aliphatic heterocycles. The first-order chi connectivity index (χ1) is 8.22. The molecule has 0 heterocycles. The third kappa shape index (κ3) is 2.31. The Morgan fingerprint density at radius 2 is 1.76 bits per heavy atom. The minimum absolute atomic E-state index is 0.114. The van der Waals surface area contributed by atoms with Gasteiger partial charge in [-0.1, -0.05) is 48.0 Å². The van der Waals surface area contributed by atoms with Crippen LogP contribution in [-0.2, 0) is 0 Å². The first-order valence-corrected chi connectivity index (χ1v) is 5.38. The number of ketones is 1. The van der Waals surface area contributed by atoms with Crippen molar-refractivity contribution in [2.24, 2.45) is 0 Å². The molecule has 2 nitrogen and oxygen atoms in total. The Bertz CT molecular complexity index is 556. The van der Waals surface area contributed by atoms with Crippen molar-refractivity contribution >= 4 is 12.1 Å². The van der Waals surface area contributed by atoms with E-state index in [4.69, 9.17) is 0 Å². The van der Waals surface area contributed by atoms with Crippen molar-refractivity contribution in [3.63, 3.8) is 0 Å². The zero-order chi connectivity index (χ0) is 12.3. The molecule has 0 saturated heterocycles. The van der Waals surface area contributed by atoms with Gasteiger partial charge in [-0.25, -0.2) is 0 Å². The molecule has 2 aromatic rings. The lowest BCUT2D eigenvalue weighted by Gasteiger charge is -2.05. The fraction of sp³-hybridized carbons (Fsp3) is 0.0667. The Kier molecular flexibility index (Phi) is 3.15. The lowest BCUT2D eigenvalue weighted by Crippen LogP contribution is -2.05. The van der Waals surface area contributed by atoms with Crippen LogP contribution >= 0.6 is 0 Å². The molecule has 0 fully saturated rings. The van der Waals surface area contributed by atoms with Crippen LogP contribution in [0.2, 0.25) is 0 Å². The van der Waals surface area contributed by atoms with Crippen molar-refractivity contribution in [1.29, 1.82) is 0 Å². The average molecular weight is 224 g/mol. The Labute approximate surface area is 99.9 Å². The van der Waals surface area contributed by atoms with E-state index >= 15 is 0 Å². The minimum Gasteiger partial charge on any atom is -0.298 e. The fourth-order valence-electron chi connectivity index (χ4n) is 1.71. The van der Waals surface area contributed by atoms with E-state index in [-0.39, 0.29) is 5.78 Å². The molecule has 0 aliphatic carbocycles. The number of aldehydes is 1. The van der Waals surface area contributed by atoms with Gasteiger partial charge in [-0.3, -0.25) is 9.59 Å².